The largest absolute Gasteiger partial charge is 0.396 e. The number of aromatic nitrogens is 1. The predicted molar refractivity (Wildman–Crippen MR) is 88.8 cm³/mol. The smallest absolute Gasteiger partial charge is 0.123 e. The van der Waals surface area contributed by atoms with Crippen LogP contribution < -0.4 is 5.32 Å². The Morgan fingerprint density at radius 1 is 1.32 bits per heavy atom. The summed E-state index contributed by atoms with van der Waals surface area (Å²) in [5, 5.41) is 15.9. The van der Waals surface area contributed by atoms with Crippen molar-refractivity contribution in [2.24, 2.45) is 5.41 Å². The van der Waals surface area contributed by atoms with E-state index in [-0.39, 0.29) is 12.0 Å². The molecular weight excluding hydrogens is 296 g/mol. The van der Waals surface area contributed by atoms with E-state index in [1.54, 1.807) is 11.3 Å². The lowest BCUT2D eigenvalue weighted by atomic mass is 9.84. The number of aliphatic hydroxyl groups excluding tert-OH is 1. The molecule has 22 heavy (non-hydrogen) atoms. The SMILES string of the molecule is OCCC1(CNCc2csc(-c3ccccc3)n2)CCOC1. The zero-order valence-electron chi connectivity index (χ0n) is 12.6. The lowest BCUT2D eigenvalue weighted by molar-refractivity contribution is 0.124. The molecule has 2 heterocycles. The average molecular weight is 318 g/mol. The highest BCUT2D eigenvalue weighted by Gasteiger charge is 2.33. The van der Waals surface area contributed by atoms with Crippen molar-refractivity contribution in [3.8, 4) is 10.6 Å². The van der Waals surface area contributed by atoms with E-state index in [0.717, 1.165) is 49.8 Å². The topological polar surface area (TPSA) is 54.4 Å². The first-order valence-corrected chi connectivity index (χ1v) is 8.58. The van der Waals surface area contributed by atoms with Gasteiger partial charge in [-0.15, -0.1) is 11.3 Å². The number of thiazole rings is 1. The standard InChI is InChI=1S/C17H22N2O2S/c20-8-6-17(7-9-21-13-17)12-18-10-15-11-22-16(19-15)14-4-2-1-3-5-14/h1-5,11,18,20H,6-10,12-13H2. The highest BCUT2D eigenvalue weighted by Crippen LogP contribution is 2.31. The van der Waals surface area contributed by atoms with Crippen LogP contribution >= 0.6 is 11.3 Å². The fourth-order valence-electron chi connectivity index (χ4n) is 2.87. The fraction of sp³-hybridized carbons (Fsp3) is 0.471. The third-order valence-electron chi connectivity index (χ3n) is 4.21. The van der Waals surface area contributed by atoms with E-state index in [9.17, 15) is 5.11 Å². The summed E-state index contributed by atoms with van der Waals surface area (Å²) in [7, 11) is 0. The first kappa shape index (κ1) is 15.6. The second-order valence-electron chi connectivity index (χ2n) is 5.89. The second-order valence-corrected chi connectivity index (χ2v) is 6.75. The van der Waals surface area contributed by atoms with Gasteiger partial charge in [-0.1, -0.05) is 30.3 Å². The van der Waals surface area contributed by atoms with Crippen LogP contribution in [0.3, 0.4) is 0 Å². The predicted octanol–water partition coefficient (Wildman–Crippen LogP) is 2.69. The van der Waals surface area contributed by atoms with Gasteiger partial charge in [-0.25, -0.2) is 4.98 Å². The van der Waals surface area contributed by atoms with Crippen molar-refractivity contribution in [3.05, 3.63) is 41.4 Å². The molecule has 1 saturated heterocycles. The van der Waals surface area contributed by atoms with Crippen molar-refractivity contribution in [1.29, 1.82) is 0 Å². The van der Waals surface area contributed by atoms with Crippen molar-refractivity contribution < 1.29 is 9.84 Å². The van der Waals surface area contributed by atoms with Gasteiger partial charge in [-0.3, -0.25) is 0 Å². The van der Waals surface area contributed by atoms with Crippen molar-refractivity contribution in [2.45, 2.75) is 19.4 Å². The molecule has 0 saturated carbocycles. The molecule has 0 spiro atoms. The molecule has 3 rings (SSSR count). The van der Waals surface area contributed by atoms with Crippen LogP contribution in [0.2, 0.25) is 0 Å². The van der Waals surface area contributed by atoms with Crippen molar-refractivity contribution in [3.63, 3.8) is 0 Å². The Morgan fingerprint density at radius 2 is 2.18 bits per heavy atom. The summed E-state index contributed by atoms with van der Waals surface area (Å²) in [6.45, 7) is 3.39. The third-order valence-corrected chi connectivity index (χ3v) is 5.15. The average Bonchev–Trinajstić information content (AvgIpc) is 3.19. The molecule has 1 unspecified atom stereocenters. The number of aliphatic hydroxyl groups is 1. The maximum absolute atomic E-state index is 9.24. The monoisotopic (exact) mass is 318 g/mol. The van der Waals surface area contributed by atoms with Gasteiger partial charge in [0.15, 0.2) is 0 Å². The van der Waals surface area contributed by atoms with E-state index in [0.29, 0.717) is 0 Å². The van der Waals surface area contributed by atoms with Gasteiger partial charge in [0.05, 0.1) is 12.3 Å². The molecule has 5 heteroatoms. The van der Waals surface area contributed by atoms with E-state index < -0.39 is 0 Å². The molecule has 0 radical (unpaired) electrons. The minimum Gasteiger partial charge on any atom is -0.396 e. The summed E-state index contributed by atoms with van der Waals surface area (Å²) in [6.07, 6.45) is 1.82. The fourth-order valence-corrected chi connectivity index (χ4v) is 3.69. The van der Waals surface area contributed by atoms with Gasteiger partial charge in [0.25, 0.3) is 0 Å². The van der Waals surface area contributed by atoms with Gasteiger partial charge in [-0.05, 0) is 12.8 Å². The van der Waals surface area contributed by atoms with E-state index in [1.807, 2.05) is 18.2 Å². The first-order chi connectivity index (χ1) is 10.8. The summed E-state index contributed by atoms with van der Waals surface area (Å²) < 4.78 is 5.51. The number of nitrogens with zero attached hydrogens (tertiary/aromatic N) is 1. The lowest BCUT2D eigenvalue weighted by Crippen LogP contribution is -2.35. The summed E-state index contributed by atoms with van der Waals surface area (Å²) in [4.78, 5) is 4.69. The Hall–Kier alpha value is -1.27. The van der Waals surface area contributed by atoms with Gasteiger partial charge >= 0.3 is 0 Å². The molecule has 0 amide bonds. The van der Waals surface area contributed by atoms with Crippen LogP contribution in [0.15, 0.2) is 35.7 Å². The maximum atomic E-state index is 9.24. The number of rotatable bonds is 7. The first-order valence-electron chi connectivity index (χ1n) is 7.70. The van der Waals surface area contributed by atoms with E-state index in [1.165, 1.54) is 5.56 Å². The molecular formula is C17H22N2O2S. The summed E-state index contributed by atoms with van der Waals surface area (Å²) in [5.41, 5.74) is 2.33. The number of ether oxygens (including phenoxy) is 1. The quantitative estimate of drug-likeness (QED) is 0.824. The number of hydrogen-bond acceptors (Lipinski definition) is 5. The molecule has 2 N–H and O–H groups in total. The lowest BCUT2D eigenvalue weighted by Gasteiger charge is -2.26. The highest BCUT2D eigenvalue weighted by atomic mass is 32.1. The van der Waals surface area contributed by atoms with Crippen LogP contribution in [0.25, 0.3) is 10.6 Å². The molecule has 0 bridgehead atoms. The zero-order valence-corrected chi connectivity index (χ0v) is 13.4. The molecule has 1 aromatic heterocycles. The van der Waals surface area contributed by atoms with Crippen molar-refractivity contribution in [2.75, 3.05) is 26.4 Å². The Kier molecular flexibility index (Phi) is 5.20. The molecule has 1 aliphatic rings. The van der Waals surface area contributed by atoms with Crippen LogP contribution in [-0.2, 0) is 11.3 Å². The molecule has 4 nitrogen and oxygen atoms in total. The van der Waals surface area contributed by atoms with Crippen LogP contribution in [0.1, 0.15) is 18.5 Å². The van der Waals surface area contributed by atoms with E-state index >= 15 is 0 Å². The van der Waals surface area contributed by atoms with Crippen LogP contribution in [0.4, 0.5) is 0 Å². The summed E-state index contributed by atoms with van der Waals surface area (Å²) in [6, 6.07) is 10.3. The Labute approximate surface area is 135 Å². The number of nitrogens with one attached hydrogen (secondary N) is 1. The van der Waals surface area contributed by atoms with Gasteiger partial charge in [0.1, 0.15) is 5.01 Å². The Balaban J connectivity index is 1.55. The van der Waals surface area contributed by atoms with Gasteiger partial charge < -0.3 is 15.2 Å². The summed E-state index contributed by atoms with van der Waals surface area (Å²) >= 11 is 1.68. The molecule has 1 aliphatic heterocycles. The van der Waals surface area contributed by atoms with Crippen LogP contribution in [0, 0.1) is 5.41 Å². The minimum absolute atomic E-state index is 0.0903. The molecule has 1 fully saturated rings. The summed E-state index contributed by atoms with van der Waals surface area (Å²) in [5.74, 6) is 0. The van der Waals surface area contributed by atoms with E-state index in [2.05, 4.69) is 27.8 Å². The number of benzene rings is 1. The Bertz CT molecular complexity index is 579. The van der Waals surface area contributed by atoms with Gasteiger partial charge in [0, 0.05) is 42.7 Å². The molecule has 1 atom stereocenters. The molecule has 1 aromatic carbocycles. The van der Waals surface area contributed by atoms with E-state index in [4.69, 9.17) is 4.74 Å². The van der Waals surface area contributed by atoms with Crippen molar-refractivity contribution >= 4 is 11.3 Å². The van der Waals surface area contributed by atoms with Gasteiger partial charge in [-0.2, -0.15) is 0 Å². The Morgan fingerprint density at radius 3 is 2.91 bits per heavy atom. The van der Waals surface area contributed by atoms with Crippen LogP contribution in [-0.4, -0.2) is 36.5 Å². The zero-order chi connectivity index (χ0) is 15.3. The molecule has 2 aromatic rings. The number of hydrogen-bond donors (Lipinski definition) is 2. The minimum atomic E-state index is 0.0903. The maximum Gasteiger partial charge on any atom is 0.123 e. The molecule has 118 valence electrons. The van der Waals surface area contributed by atoms with Crippen LogP contribution in [0.5, 0.6) is 0 Å². The molecule has 0 aliphatic carbocycles. The normalized spacial score (nSPS) is 21.3. The van der Waals surface area contributed by atoms with Gasteiger partial charge in [0.2, 0.25) is 0 Å². The van der Waals surface area contributed by atoms with Crippen molar-refractivity contribution in [1.82, 2.24) is 10.3 Å². The third kappa shape index (κ3) is 3.73. The highest BCUT2D eigenvalue weighted by molar-refractivity contribution is 7.13. The second kappa shape index (κ2) is 7.33.